The van der Waals surface area contributed by atoms with Gasteiger partial charge in [-0.2, -0.15) is 5.26 Å². The number of nitrogens with zero attached hydrogens (tertiary/aromatic N) is 1. The van der Waals surface area contributed by atoms with Gasteiger partial charge in [0.2, 0.25) is 0 Å². The van der Waals surface area contributed by atoms with Crippen molar-refractivity contribution in [3.63, 3.8) is 0 Å². The zero-order chi connectivity index (χ0) is 8.97. The minimum Gasteiger partial charge on any atom is -0.365 e. The summed E-state index contributed by atoms with van der Waals surface area (Å²) < 4.78 is 0. The van der Waals surface area contributed by atoms with E-state index in [1.54, 1.807) is 0 Å². The minimum atomic E-state index is -0.355. The first-order valence-corrected chi connectivity index (χ1v) is 4.66. The number of carbonyl (C=O) groups is 1. The zero-order valence-electron chi connectivity index (χ0n) is 6.50. The molecule has 4 heteroatoms. The summed E-state index contributed by atoms with van der Waals surface area (Å²) in [5, 5.41) is 9.03. The quantitative estimate of drug-likeness (QED) is 0.761. The van der Waals surface area contributed by atoms with Gasteiger partial charge >= 0.3 is 0 Å². The van der Waals surface area contributed by atoms with Gasteiger partial charge in [-0.15, -0.1) is 8.19 Å². The van der Waals surface area contributed by atoms with Crippen LogP contribution in [-0.4, -0.2) is 5.91 Å². The molecule has 0 aliphatic carbocycles. The molecule has 1 heterocycles. The molecule has 1 rings (SSSR count). The Morgan fingerprint density at radius 1 is 1.75 bits per heavy atom. The van der Waals surface area contributed by atoms with Gasteiger partial charge in [0.25, 0.3) is 5.91 Å². The van der Waals surface area contributed by atoms with Gasteiger partial charge in [0.05, 0.1) is 11.4 Å². The Balaban J connectivity index is 2.79. The molecule has 0 saturated heterocycles. The molecule has 0 aliphatic heterocycles. The Hall–Kier alpha value is -1.26. The minimum absolute atomic E-state index is 0.355. The number of nitriles is 1. The summed E-state index contributed by atoms with van der Waals surface area (Å²) in [5.41, 5.74) is 6.08. The molecule has 1 aromatic rings. The van der Waals surface area contributed by atoms with Crippen molar-refractivity contribution in [2.45, 2.75) is 12.8 Å². The van der Waals surface area contributed by atoms with Crippen molar-refractivity contribution in [3.8, 4) is 6.07 Å². The molecule has 3 nitrogen and oxygen atoms in total. The van der Waals surface area contributed by atoms with E-state index in [1.165, 1.54) is 0 Å². The predicted molar refractivity (Wildman–Crippen MR) is 48.4 cm³/mol. The molecule has 62 valence electrons. The summed E-state index contributed by atoms with van der Waals surface area (Å²) in [5.74, 6) is 1.57. The van der Waals surface area contributed by atoms with Crippen molar-refractivity contribution in [2.24, 2.45) is 5.73 Å². The normalized spacial score (nSPS) is 9.92. The van der Waals surface area contributed by atoms with Gasteiger partial charge in [-0.25, -0.2) is 0 Å². The van der Waals surface area contributed by atoms with Crippen molar-refractivity contribution in [1.29, 1.82) is 5.26 Å². The van der Waals surface area contributed by atoms with Gasteiger partial charge < -0.3 is 5.73 Å². The molecule has 1 unspecified atom stereocenters. The van der Waals surface area contributed by atoms with Gasteiger partial charge in [0.1, 0.15) is 0 Å². The van der Waals surface area contributed by atoms with Crippen LogP contribution < -0.4 is 5.73 Å². The number of hydrogen-bond donors (Lipinski definition) is 1. The van der Waals surface area contributed by atoms with Crippen LogP contribution in [0.4, 0.5) is 0 Å². The van der Waals surface area contributed by atoms with E-state index in [0.717, 1.165) is 5.56 Å². The van der Waals surface area contributed by atoms with Crippen LogP contribution in [0.25, 0.3) is 0 Å². The number of nitrogens with two attached hydrogens (primary N) is 1. The maximum Gasteiger partial charge on any atom is 0.252 e. The fourth-order valence-corrected chi connectivity index (χ4v) is 2.02. The van der Waals surface area contributed by atoms with E-state index in [1.807, 2.05) is 17.9 Å². The van der Waals surface area contributed by atoms with E-state index in [-0.39, 0.29) is 5.91 Å². The molecule has 2 N–H and O–H groups in total. The summed E-state index contributed by atoms with van der Waals surface area (Å²) >= 11 is 0. The first-order valence-electron chi connectivity index (χ1n) is 3.58. The molecule has 0 fully saturated rings. The van der Waals surface area contributed by atoms with Gasteiger partial charge in [-0.1, -0.05) is 6.07 Å². The van der Waals surface area contributed by atoms with E-state index in [0.29, 0.717) is 26.3 Å². The molecule has 12 heavy (non-hydrogen) atoms. The van der Waals surface area contributed by atoms with Crippen molar-refractivity contribution in [1.82, 2.24) is 0 Å². The second kappa shape index (κ2) is 3.94. The first-order chi connectivity index (χ1) is 5.75. The average Bonchev–Trinajstić information content (AvgIpc) is 2.48. The topological polar surface area (TPSA) is 66.9 Å². The second-order valence-electron chi connectivity index (χ2n) is 2.40. The summed E-state index contributed by atoms with van der Waals surface area (Å²) in [6, 6.07) is 3.92. The third kappa shape index (κ3) is 1.87. The van der Waals surface area contributed by atoms with Crippen LogP contribution in [0.15, 0.2) is 11.9 Å². The van der Waals surface area contributed by atoms with E-state index in [2.05, 4.69) is 0 Å². The fourth-order valence-electron chi connectivity index (χ4n) is 1.03. The van der Waals surface area contributed by atoms with Gasteiger partial charge in [0, 0.05) is 6.42 Å². The largest absolute Gasteiger partial charge is 0.365 e. The molecule has 1 atom stereocenters. The molecule has 0 aliphatic rings. The van der Waals surface area contributed by atoms with E-state index in [4.69, 9.17) is 11.0 Å². The van der Waals surface area contributed by atoms with Gasteiger partial charge in [0.15, 0.2) is 0 Å². The molecular weight excluding hydrogens is 171 g/mol. The molecular formula is C8H9N2OP. The highest BCUT2D eigenvalue weighted by Gasteiger charge is 2.06. The van der Waals surface area contributed by atoms with Crippen LogP contribution in [-0.2, 0) is 6.42 Å². The van der Waals surface area contributed by atoms with Crippen molar-refractivity contribution in [3.05, 3.63) is 22.7 Å². The lowest BCUT2D eigenvalue weighted by molar-refractivity contribution is 0.100. The lowest BCUT2D eigenvalue weighted by Crippen LogP contribution is -2.10. The third-order valence-electron chi connectivity index (χ3n) is 1.59. The van der Waals surface area contributed by atoms with Crippen LogP contribution in [0, 0.1) is 11.3 Å². The summed E-state index contributed by atoms with van der Waals surface area (Å²) in [4.78, 5) is 10.8. The number of aryl methyl sites for hydroxylation is 1. The lowest BCUT2D eigenvalue weighted by Gasteiger charge is -1.95. The Labute approximate surface area is 72.3 Å². The fraction of sp³-hybridized carbons (Fsp3) is 0.250. The molecule has 0 radical (unpaired) electrons. The Bertz CT molecular complexity index is 324. The molecule has 0 bridgehead atoms. The summed E-state index contributed by atoms with van der Waals surface area (Å²) in [7, 11) is 0.387. The molecule has 0 saturated carbocycles. The third-order valence-corrected chi connectivity index (χ3v) is 2.78. The van der Waals surface area contributed by atoms with Crippen LogP contribution in [0.5, 0.6) is 0 Å². The highest BCUT2D eigenvalue weighted by molar-refractivity contribution is 7.32. The number of rotatable bonds is 3. The number of hydrogen-bond acceptors (Lipinski definition) is 2. The predicted octanol–water partition coefficient (Wildman–Crippen LogP) is 1.27. The van der Waals surface area contributed by atoms with E-state index in [9.17, 15) is 4.79 Å². The van der Waals surface area contributed by atoms with Crippen LogP contribution in [0.1, 0.15) is 22.1 Å². The standard InChI is InChI=1S/C8H9N2OP/c9-4-1-2-6-3-5-12-7(6)8(10)11/h3,5,12H,1-2H2,(H2,10,11). The first kappa shape index (κ1) is 8.83. The summed E-state index contributed by atoms with van der Waals surface area (Å²) in [6.45, 7) is 0. The van der Waals surface area contributed by atoms with E-state index < -0.39 is 0 Å². The van der Waals surface area contributed by atoms with Crippen LogP contribution >= 0.6 is 8.19 Å². The second-order valence-corrected chi connectivity index (χ2v) is 3.52. The highest BCUT2D eigenvalue weighted by atomic mass is 31.0. The molecule has 1 aromatic heterocycles. The number of primary amides is 1. The molecule has 0 spiro atoms. The zero-order valence-corrected chi connectivity index (χ0v) is 7.50. The van der Waals surface area contributed by atoms with Crippen LogP contribution in [0.2, 0.25) is 0 Å². The molecule has 1 amide bonds. The highest BCUT2D eigenvalue weighted by Crippen LogP contribution is 2.21. The van der Waals surface area contributed by atoms with E-state index >= 15 is 0 Å². The SMILES string of the molecule is N#CCCc1cc[pH]c1C(N)=O. The average molecular weight is 180 g/mol. The lowest BCUT2D eigenvalue weighted by atomic mass is 10.1. The maximum absolute atomic E-state index is 10.8. The Morgan fingerprint density at radius 2 is 2.50 bits per heavy atom. The number of amides is 1. The van der Waals surface area contributed by atoms with Crippen molar-refractivity contribution < 1.29 is 4.79 Å². The Morgan fingerprint density at radius 3 is 3.08 bits per heavy atom. The Kier molecular flexibility index (Phi) is 2.90. The summed E-state index contributed by atoms with van der Waals surface area (Å²) in [6.07, 6.45) is 1.08. The molecule has 0 aromatic carbocycles. The maximum atomic E-state index is 10.8. The smallest absolute Gasteiger partial charge is 0.252 e. The van der Waals surface area contributed by atoms with Crippen LogP contribution in [0.3, 0.4) is 0 Å². The van der Waals surface area contributed by atoms with Gasteiger partial charge in [-0.3, -0.25) is 4.79 Å². The van der Waals surface area contributed by atoms with Crippen molar-refractivity contribution >= 4 is 14.1 Å². The van der Waals surface area contributed by atoms with Gasteiger partial charge in [-0.05, 0) is 17.8 Å². The number of carbonyl (C=O) groups excluding carboxylic acids is 1. The van der Waals surface area contributed by atoms with Crippen molar-refractivity contribution in [2.75, 3.05) is 0 Å². The monoisotopic (exact) mass is 180 g/mol.